The topological polar surface area (TPSA) is 45.1 Å². The first-order chi connectivity index (χ1) is 11.2. The second-order valence-electron chi connectivity index (χ2n) is 6.03. The third kappa shape index (κ3) is 6.24. The van der Waals surface area contributed by atoms with Crippen molar-refractivity contribution in [1.82, 2.24) is 4.98 Å². The number of nitrogens with zero attached hydrogens (tertiary/aromatic N) is 1. The van der Waals surface area contributed by atoms with E-state index in [-0.39, 0.29) is 12.6 Å². The van der Waals surface area contributed by atoms with Crippen molar-refractivity contribution in [2.45, 2.75) is 37.6 Å². The molecule has 2 N–H and O–H groups in total. The minimum atomic E-state index is 0.226. The molecule has 1 atom stereocenters. The fourth-order valence-corrected chi connectivity index (χ4v) is 3.25. The molecule has 23 heavy (non-hydrogen) atoms. The van der Waals surface area contributed by atoms with E-state index in [1.54, 1.807) is 11.8 Å². The summed E-state index contributed by atoms with van der Waals surface area (Å²) in [6.07, 6.45) is 3.73. The Labute approximate surface area is 143 Å². The van der Waals surface area contributed by atoms with Gasteiger partial charge in [-0.05, 0) is 55.2 Å². The Kier molecular flexibility index (Phi) is 7.43. The van der Waals surface area contributed by atoms with Gasteiger partial charge in [-0.1, -0.05) is 19.9 Å². The van der Waals surface area contributed by atoms with Crippen LogP contribution in [0.4, 0.5) is 5.69 Å². The van der Waals surface area contributed by atoms with Crippen molar-refractivity contribution in [2.24, 2.45) is 5.92 Å². The summed E-state index contributed by atoms with van der Waals surface area (Å²) >= 11 is 1.78. The van der Waals surface area contributed by atoms with Crippen molar-refractivity contribution in [3.8, 4) is 0 Å². The van der Waals surface area contributed by atoms with Crippen LogP contribution in [0.1, 0.15) is 38.4 Å². The van der Waals surface area contributed by atoms with Gasteiger partial charge in [-0.3, -0.25) is 4.98 Å². The highest BCUT2D eigenvalue weighted by atomic mass is 32.2. The van der Waals surface area contributed by atoms with Crippen LogP contribution < -0.4 is 5.32 Å². The zero-order valence-corrected chi connectivity index (χ0v) is 14.7. The molecule has 0 radical (unpaired) electrons. The van der Waals surface area contributed by atoms with Crippen LogP contribution in [-0.4, -0.2) is 22.5 Å². The number of aromatic nitrogens is 1. The number of thioether (sulfide) groups is 1. The monoisotopic (exact) mass is 330 g/mol. The Bertz CT molecular complexity index is 557. The molecule has 0 bridgehead atoms. The summed E-state index contributed by atoms with van der Waals surface area (Å²) in [5, 5.41) is 12.4. The van der Waals surface area contributed by atoms with Gasteiger partial charge in [-0.2, -0.15) is 0 Å². The maximum atomic E-state index is 8.84. The van der Waals surface area contributed by atoms with E-state index in [9.17, 15) is 0 Å². The van der Waals surface area contributed by atoms with Crippen LogP contribution in [-0.2, 0) is 0 Å². The SMILES string of the molecule is CC(C)CC(Nc1ccc(SCCCO)cc1)c1ccccn1. The molecular formula is C19H26N2OS. The van der Waals surface area contributed by atoms with E-state index in [0.717, 1.165) is 30.0 Å². The first-order valence-corrected chi connectivity index (χ1v) is 9.19. The lowest BCUT2D eigenvalue weighted by Gasteiger charge is -2.21. The van der Waals surface area contributed by atoms with Gasteiger partial charge in [0.1, 0.15) is 0 Å². The first-order valence-electron chi connectivity index (χ1n) is 8.20. The molecule has 0 fully saturated rings. The van der Waals surface area contributed by atoms with Gasteiger partial charge < -0.3 is 10.4 Å². The van der Waals surface area contributed by atoms with E-state index in [4.69, 9.17) is 5.11 Å². The predicted molar refractivity (Wildman–Crippen MR) is 98.9 cm³/mol. The lowest BCUT2D eigenvalue weighted by molar-refractivity contribution is 0.296. The van der Waals surface area contributed by atoms with Crippen LogP contribution in [0.3, 0.4) is 0 Å². The summed E-state index contributed by atoms with van der Waals surface area (Å²) in [5.41, 5.74) is 2.20. The number of benzene rings is 1. The Morgan fingerprint density at radius 2 is 1.91 bits per heavy atom. The average molecular weight is 330 g/mol. The fraction of sp³-hybridized carbons (Fsp3) is 0.421. The largest absolute Gasteiger partial charge is 0.396 e. The summed E-state index contributed by atoms with van der Waals surface area (Å²) in [7, 11) is 0. The minimum absolute atomic E-state index is 0.226. The molecule has 1 aromatic heterocycles. The number of anilines is 1. The molecule has 0 aliphatic rings. The van der Waals surface area contributed by atoms with Gasteiger partial charge in [0.15, 0.2) is 0 Å². The summed E-state index contributed by atoms with van der Waals surface area (Å²) in [6, 6.07) is 14.8. The number of pyridine rings is 1. The highest BCUT2D eigenvalue weighted by Gasteiger charge is 2.14. The Hall–Kier alpha value is -1.52. The number of aliphatic hydroxyl groups excluding tert-OH is 1. The standard InChI is InChI=1S/C19H26N2OS/c1-15(2)14-19(18-6-3-4-11-20-18)21-16-7-9-17(10-8-16)23-13-5-12-22/h3-4,6-11,15,19,21-22H,5,12-14H2,1-2H3. The zero-order chi connectivity index (χ0) is 16.5. The second-order valence-corrected chi connectivity index (χ2v) is 7.20. The van der Waals surface area contributed by atoms with E-state index in [1.165, 1.54) is 4.90 Å². The highest BCUT2D eigenvalue weighted by Crippen LogP contribution is 2.26. The molecule has 2 rings (SSSR count). The molecule has 3 nitrogen and oxygen atoms in total. The van der Waals surface area contributed by atoms with E-state index in [2.05, 4.69) is 54.5 Å². The van der Waals surface area contributed by atoms with Crippen molar-refractivity contribution >= 4 is 17.4 Å². The van der Waals surface area contributed by atoms with Gasteiger partial charge in [0.25, 0.3) is 0 Å². The lowest BCUT2D eigenvalue weighted by atomic mass is 10.0. The number of hydrogen-bond acceptors (Lipinski definition) is 4. The van der Waals surface area contributed by atoms with Gasteiger partial charge in [-0.15, -0.1) is 11.8 Å². The van der Waals surface area contributed by atoms with Crippen molar-refractivity contribution in [3.63, 3.8) is 0 Å². The van der Waals surface area contributed by atoms with Gasteiger partial charge in [0, 0.05) is 29.1 Å². The molecule has 1 unspecified atom stereocenters. The average Bonchev–Trinajstić information content (AvgIpc) is 2.56. The quantitative estimate of drug-likeness (QED) is 0.514. The van der Waals surface area contributed by atoms with Crippen molar-refractivity contribution in [2.75, 3.05) is 17.7 Å². The first kappa shape index (κ1) is 17.8. The second kappa shape index (κ2) is 9.58. The third-order valence-electron chi connectivity index (χ3n) is 3.52. The van der Waals surface area contributed by atoms with E-state index in [1.807, 2.05) is 18.3 Å². The summed E-state index contributed by atoms with van der Waals surface area (Å²) in [5.74, 6) is 1.55. The molecular weight excluding hydrogens is 304 g/mol. The molecule has 0 aliphatic heterocycles. The minimum Gasteiger partial charge on any atom is -0.396 e. The van der Waals surface area contributed by atoms with Crippen LogP contribution in [0.15, 0.2) is 53.6 Å². The van der Waals surface area contributed by atoms with Crippen molar-refractivity contribution < 1.29 is 5.11 Å². The molecule has 0 amide bonds. The fourth-order valence-electron chi connectivity index (χ4n) is 2.41. The van der Waals surface area contributed by atoms with E-state index in [0.29, 0.717) is 5.92 Å². The lowest BCUT2D eigenvalue weighted by Crippen LogP contribution is -2.14. The molecule has 0 saturated carbocycles. The van der Waals surface area contributed by atoms with Crippen LogP contribution in [0.5, 0.6) is 0 Å². The number of rotatable bonds is 9. The molecule has 0 aliphatic carbocycles. The van der Waals surface area contributed by atoms with Crippen molar-refractivity contribution in [3.05, 3.63) is 54.4 Å². The Morgan fingerprint density at radius 3 is 2.52 bits per heavy atom. The van der Waals surface area contributed by atoms with Gasteiger partial charge >= 0.3 is 0 Å². The van der Waals surface area contributed by atoms with Gasteiger partial charge in [0.2, 0.25) is 0 Å². The molecule has 2 aromatic rings. The van der Waals surface area contributed by atoms with Crippen LogP contribution >= 0.6 is 11.8 Å². The van der Waals surface area contributed by atoms with Crippen LogP contribution in [0.2, 0.25) is 0 Å². The molecule has 4 heteroatoms. The number of hydrogen-bond donors (Lipinski definition) is 2. The van der Waals surface area contributed by atoms with Gasteiger partial charge in [-0.25, -0.2) is 0 Å². The van der Waals surface area contributed by atoms with Crippen molar-refractivity contribution in [1.29, 1.82) is 0 Å². The number of nitrogens with one attached hydrogen (secondary N) is 1. The van der Waals surface area contributed by atoms with E-state index < -0.39 is 0 Å². The maximum absolute atomic E-state index is 8.84. The highest BCUT2D eigenvalue weighted by molar-refractivity contribution is 7.99. The smallest absolute Gasteiger partial charge is 0.0687 e. The summed E-state index contributed by atoms with van der Waals surface area (Å²) < 4.78 is 0. The Balaban J connectivity index is 2.01. The Morgan fingerprint density at radius 1 is 1.13 bits per heavy atom. The van der Waals surface area contributed by atoms with E-state index >= 15 is 0 Å². The summed E-state index contributed by atoms with van der Waals surface area (Å²) in [6.45, 7) is 4.73. The predicted octanol–water partition coefficient (Wildman–Crippen LogP) is 4.76. The normalized spacial score (nSPS) is 12.3. The molecule has 1 heterocycles. The molecule has 0 spiro atoms. The molecule has 0 saturated heterocycles. The van der Waals surface area contributed by atoms with Crippen LogP contribution in [0, 0.1) is 5.92 Å². The number of aliphatic hydroxyl groups is 1. The maximum Gasteiger partial charge on any atom is 0.0687 e. The molecule has 124 valence electrons. The summed E-state index contributed by atoms with van der Waals surface area (Å²) in [4.78, 5) is 5.74. The zero-order valence-electron chi connectivity index (χ0n) is 13.9. The molecule has 1 aromatic carbocycles. The van der Waals surface area contributed by atoms with Crippen LogP contribution in [0.25, 0.3) is 0 Å². The van der Waals surface area contributed by atoms with Gasteiger partial charge in [0.05, 0.1) is 11.7 Å². The third-order valence-corrected chi connectivity index (χ3v) is 4.62.